The highest BCUT2D eigenvalue weighted by Gasteiger charge is 2.08. The van der Waals surface area contributed by atoms with E-state index in [0.717, 1.165) is 0 Å². The topological polar surface area (TPSA) is 76.1 Å². The third kappa shape index (κ3) is 3.44. The lowest BCUT2D eigenvalue weighted by Gasteiger charge is -2.11. The lowest BCUT2D eigenvalue weighted by molar-refractivity contribution is -0.114. The highest BCUT2D eigenvalue weighted by Crippen LogP contribution is 2.29. The molecule has 2 N–H and O–H groups in total. The number of nitrogens with zero attached hydrogens (tertiary/aromatic N) is 2. The maximum absolute atomic E-state index is 11.2. The summed E-state index contributed by atoms with van der Waals surface area (Å²) in [7, 11) is 1.77. The maximum atomic E-state index is 11.2. The molecule has 1 amide bonds. The van der Waals surface area contributed by atoms with Crippen molar-refractivity contribution in [2.45, 2.75) is 13.8 Å². The number of nitrogens with one attached hydrogen (secondary N) is 2. The Hall–Kier alpha value is -2.63. The Morgan fingerprint density at radius 1 is 1.25 bits per heavy atom. The molecule has 2 rings (SSSR count). The van der Waals surface area contributed by atoms with Crippen LogP contribution in [0.4, 0.5) is 11.5 Å². The number of carbonyl (C=O) groups is 1. The molecule has 0 aliphatic rings. The van der Waals surface area contributed by atoms with Crippen molar-refractivity contribution in [2.75, 3.05) is 17.7 Å². The van der Waals surface area contributed by atoms with Gasteiger partial charge in [0.05, 0.1) is 5.69 Å². The van der Waals surface area contributed by atoms with E-state index >= 15 is 0 Å². The van der Waals surface area contributed by atoms with Gasteiger partial charge in [0.15, 0.2) is 5.75 Å². The van der Waals surface area contributed by atoms with Crippen molar-refractivity contribution >= 4 is 17.4 Å². The summed E-state index contributed by atoms with van der Waals surface area (Å²) in [5.41, 5.74) is 0.599. The third-order valence-electron chi connectivity index (χ3n) is 2.48. The summed E-state index contributed by atoms with van der Waals surface area (Å²) in [6.07, 6.45) is 0. The summed E-state index contributed by atoms with van der Waals surface area (Å²) in [5, 5.41) is 5.65. The Bertz CT molecular complexity index is 628. The Kier molecular flexibility index (Phi) is 4.14. The number of rotatable bonds is 4. The standard InChI is InChI=1S/C14H16N4O2/c1-9-16-13(15-3)8-14(17-9)20-12-7-5-4-6-11(12)18-10(2)19/h4-8H,1-3H3,(H,18,19)(H,15,16,17). The van der Waals surface area contributed by atoms with Crippen molar-refractivity contribution in [1.29, 1.82) is 0 Å². The normalized spacial score (nSPS) is 9.95. The molecule has 0 aliphatic heterocycles. The maximum Gasteiger partial charge on any atom is 0.224 e. The van der Waals surface area contributed by atoms with E-state index in [1.807, 2.05) is 12.1 Å². The summed E-state index contributed by atoms with van der Waals surface area (Å²) in [6, 6.07) is 8.87. The molecule has 0 saturated carbocycles. The average molecular weight is 272 g/mol. The number of anilines is 2. The highest BCUT2D eigenvalue weighted by molar-refractivity contribution is 5.90. The molecule has 6 heteroatoms. The molecule has 0 atom stereocenters. The van der Waals surface area contributed by atoms with Gasteiger partial charge in [-0.2, -0.15) is 4.98 Å². The second-order valence-electron chi connectivity index (χ2n) is 4.17. The number of para-hydroxylation sites is 2. The fourth-order valence-electron chi connectivity index (χ4n) is 1.68. The van der Waals surface area contributed by atoms with Crippen LogP contribution in [0, 0.1) is 6.92 Å². The summed E-state index contributed by atoms with van der Waals surface area (Å²) in [5.74, 6) is 2.06. The Morgan fingerprint density at radius 2 is 2.00 bits per heavy atom. The van der Waals surface area contributed by atoms with Crippen molar-refractivity contribution in [3.63, 3.8) is 0 Å². The van der Waals surface area contributed by atoms with Gasteiger partial charge < -0.3 is 15.4 Å². The largest absolute Gasteiger partial charge is 0.437 e. The molecule has 1 aromatic carbocycles. The number of hydrogen-bond acceptors (Lipinski definition) is 5. The lowest BCUT2D eigenvalue weighted by atomic mass is 10.3. The predicted molar refractivity (Wildman–Crippen MR) is 77.1 cm³/mol. The zero-order valence-electron chi connectivity index (χ0n) is 11.6. The summed E-state index contributed by atoms with van der Waals surface area (Å²) in [6.45, 7) is 3.23. The number of aryl methyl sites for hydroxylation is 1. The van der Waals surface area contributed by atoms with Crippen molar-refractivity contribution in [1.82, 2.24) is 9.97 Å². The number of amides is 1. The van der Waals surface area contributed by atoms with Gasteiger partial charge >= 0.3 is 0 Å². The van der Waals surface area contributed by atoms with Crippen LogP contribution in [0.5, 0.6) is 11.6 Å². The monoisotopic (exact) mass is 272 g/mol. The minimum absolute atomic E-state index is 0.157. The number of benzene rings is 1. The van der Waals surface area contributed by atoms with Crippen LogP contribution in [0.1, 0.15) is 12.7 Å². The minimum atomic E-state index is -0.157. The quantitative estimate of drug-likeness (QED) is 0.894. The molecule has 0 radical (unpaired) electrons. The molecule has 0 unspecified atom stereocenters. The van der Waals surface area contributed by atoms with Crippen molar-refractivity contribution < 1.29 is 9.53 Å². The zero-order valence-corrected chi connectivity index (χ0v) is 11.6. The van der Waals surface area contributed by atoms with Crippen LogP contribution in [-0.4, -0.2) is 22.9 Å². The Balaban J connectivity index is 2.30. The molecule has 20 heavy (non-hydrogen) atoms. The van der Waals surface area contributed by atoms with E-state index < -0.39 is 0 Å². The van der Waals surface area contributed by atoms with Crippen LogP contribution in [0.3, 0.4) is 0 Å². The van der Waals surface area contributed by atoms with Gasteiger partial charge in [-0.25, -0.2) is 4.98 Å². The van der Waals surface area contributed by atoms with Gasteiger partial charge in [0.25, 0.3) is 0 Å². The zero-order chi connectivity index (χ0) is 14.5. The Morgan fingerprint density at radius 3 is 2.70 bits per heavy atom. The van der Waals surface area contributed by atoms with Crippen LogP contribution < -0.4 is 15.4 Å². The van der Waals surface area contributed by atoms with Crippen LogP contribution >= 0.6 is 0 Å². The lowest BCUT2D eigenvalue weighted by Crippen LogP contribution is -2.07. The Labute approximate surface area is 117 Å². The average Bonchev–Trinajstić information content (AvgIpc) is 2.39. The highest BCUT2D eigenvalue weighted by atomic mass is 16.5. The predicted octanol–water partition coefficient (Wildman–Crippen LogP) is 2.58. The molecule has 0 bridgehead atoms. The number of carbonyl (C=O) groups excluding carboxylic acids is 1. The van der Waals surface area contributed by atoms with E-state index in [4.69, 9.17) is 4.74 Å². The summed E-state index contributed by atoms with van der Waals surface area (Å²) >= 11 is 0. The number of aromatic nitrogens is 2. The van der Waals surface area contributed by atoms with Crippen LogP contribution in [-0.2, 0) is 4.79 Å². The fraction of sp³-hybridized carbons (Fsp3) is 0.214. The van der Waals surface area contributed by atoms with Crippen molar-refractivity contribution in [3.8, 4) is 11.6 Å². The smallest absolute Gasteiger partial charge is 0.224 e. The minimum Gasteiger partial charge on any atom is -0.437 e. The van der Waals surface area contributed by atoms with Gasteiger partial charge in [-0.3, -0.25) is 4.79 Å². The van der Waals surface area contributed by atoms with Gasteiger partial charge in [0.2, 0.25) is 11.8 Å². The molecular formula is C14H16N4O2. The van der Waals surface area contributed by atoms with E-state index in [0.29, 0.717) is 29.0 Å². The number of ether oxygens (including phenoxy) is 1. The van der Waals surface area contributed by atoms with Gasteiger partial charge in [-0.1, -0.05) is 12.1 Å². The molecule has 2 aromatic rings. The van der Waals surface area contributed by atoms with Crippen LogP contribution in [0.2, 0.25) is 0 Å². The first-order valence-corrected chi connectivity index (χ1v) is 6.16. The van der Waals surface area contributed by atoms with E-state index in [1.54, 1.807) is 32.2 Å². The molecule has 0 saturated heterocycles. The first kappa shape index (κ1) is 13.8. The molecule has 0 fully saturated rings. The van der Waals surface area contributed by atoms with Gasteiger partial charge in [0.1, 0.15) is 11.6 Å². The van der Waals surface area contributed by atoms with E-state index in [-0.39, 0.29) is 5.91 Å². The van der Waals surface area contributed by atoms with E-state index in [9.17, 15) is 4.79 Å². The van der Waals surface area contributed by atoms with Crippen LogP contribution in [0.25, 0.3) is 0 Å². The molecule has 104 valence electrons. The first-order valence-electron chi connectivity index (χ1n) is 6.16. The van der Waals surface area contributed by atoms with E-state index in [2.05, 4.69) is 20.6 Å². The molecule has 0 aliphatic carbocycles. The molecule has 6 nitrogen and oxygen atoms in total. The van der Waals surface area contributed by atoms with Crippen LogP contribution in [0.15, 0.2) is 30.3 Å². The van der Waals surface area contributed by atoms with E-state index in [1.165, 1.54) is 6.92 Å². The molecule has 1 aromatic heterocycles. The van der Waals surface area contributed by atoms with Crippen molar-refractivity contribution in [2.24, 2.45) is 0 Å². The molecule has 0 spiro atoms. The van der Waals surface area contributed by atoms with Gasteiger partial charge in [-0.15, -0.1) is 0 Å². The second-order valence-corrected chi connectivity index (χ2v) is 4.17. The molecule has 1 heterocycles. The number of hydrogen-bond donors (Lipinski definition) is 2. The summed E-state index contributed by atoms with van der Waals surface area (Å²) < 4.78 is 5.73. The fourth-order valence-corrected chi connectivity index (χ4v) is 1.68. The first-order chi connectivity index (χ1) is 9.58. The SMILES string of the molecule is CNc1cc(Oc2ccccc2NC(C)=O)nc(C)n1. The van der Waals surface area contributed by atoms with Crippen molar-refractivity contribution in [3.05, 3.63) is 36.2 Å². The second kappa shape index (κ2) is 6.01. The van der Waals surface area contributed by atoms with Gasteiger partial charge in [-0.05, 0) is 19.1 Å². The summed E-state index contributed by atoms with van der Waals surface area (Å²) in [4.78, 5) is 19.6. The van der Waals surface area contributed by atoms with Gasteiger partial charge in [0, 0.05) is 20.0 Å². The molecular weight excluding hydrogens is 256 g/mol. The third-order valence-corrected chi connectivity index (χ3v) is 2.48.